The van der Waals surface area contributed by atoms with Crippen LogP contribution in [0.1, 0.15) is 0 Å². The molecule has 0 aliphatic rings. The molecule has 124 valence electrons. The Hall–Kier alpha value is -1.73. The maximum atomic E-state index is 14.1. The fourth-order valence-electron chi connectivity index (χ4n) is 2.02. The number of terminal acetylenes is 1. The zero-order chi connectivity index (χ0) is 17.5. The van der Waals surface area contributed by atoms with Crippen molar-refractivity contribution in [1.82, 2.24) is 4.57 Å². The maximum absolute atomic E-state index is 14.1. The Bertz CT molecular complexity index is 1150. The first kappa shape index (κ1) is 17.1. The molecule has 0 aliphatic heterocycles. The molecule has 0 saturated heterocycles. The molecule has 0 amide bonds. The first-order valence-electron chi connectivity index (χ1n) is 6.30. The van der Waals surface area contributed by atoms with Gasteiger partial charge in [0, 0.05) is 6.07 Å². The van der Waals surface area contributed by atoms with Crippen LogP contribution in [0.3, 0.4) is 0 Å². The molecule has 0 bridgehead atoms. The second-order valence-corrected chi connectivity index (χ2v) is 9.09. The van der Waals surface area contributed by atoms with Gasteiger partial charge in [0.05, 0.1) is 21.1 Å². The summed E-state index contributed by atoms with van der Waals surface area (Å²) in [6.45, 7) is -0.109. The number of thiazole rings is 1. The van der Waals surface area contributed by atoms with Crippen LogP contribution in [0.2, 0.25) is 4.34 Å². The lowest BCUT2D eigenvalue weighted by molar-refractivity contribution is 0.585. The SMILES string of the molecule is C#CCn1c(=NS(=O)(=O)c2ccc(Cl)s2)sc2cc(F)cc(F)c21. The highest BCUT2D eigenvalue weighted by molar-refractivity contribution is 7.92. The van der Waals surface area contributed by atoms with Crippen LogP contribution in [0, 0.1) is 24.0 Å². The van der Waals surface area contributed by atoms with Crippen molar-refractivity contribution in [2.24, 2.45) is 4.40 Å². The van der Waals surface area contributed by atoms with Crippen LogP contribution < -0.4 is 4.80 Å². The Labute approximate surface area is 148 Å². The summed E-state index contributed by atoms with van der Waals surface area (Å²) in [5, 5.41) is 0. The van der Waals surface area contributed by atoms with Gasteiger partial charge in [0.2, 0.25) is 4.80 Å². The van der Waals surface area contributed by atoms with E-state index in [1.54, 1.807) is 0 Å². The zero-order valence-electron chi connectivity index (χ0n) is 11.7. The first-order valence-corrected chi connectivity index (χ1v) is 9.75. The number of halogens is 3. The van der Waals surface area contributed by atoms with E-state index in [0.29, 0.717) is 10.4 Å². The molecule has 3 rings (SSSR count). The lowest BCUT2D eigenvalue weighted by Crippen LogP contribution is -2.17. The minimum absolute atomic E-state index is 0.0116. The molecule has 4 nitrogen and oxygen atoms in total. The van der Waals surface area contributed by atoms with Gasteiger partial charge in [-0.2, -0.15) is 8.42 Å². The van der Waals surface area contributed by atoms with Gasteiger partial charge in [-0.3, -0.25) is 0 Å². The largest absolute Gasteiger partial charge is 0.302 e. The third-order valence-corrected chi connectivity index (χ3v) is 7.05. The van der Waals surface area contributed by atoms with E-state index in [4.69, 9.17) is 18.0 Å². The van der Waals surface area contributed by atoms with Crippen LogP contribution >= 0.6 is 34.3 Å². The van der Waals surface area contributed by atoms with E-state index in [-0.39, 0.29) is 25.8 Å². The lowest BCUT2D eigenvalue weighted by atomic mass is 10.3. The zero-order valence-corrected chi connectivity index (χ0v) is 14.9. The summed E-state index contributed by atoms with van der Waals surface area (Å²) in [6.07, 6.45) is 5.27. The van der Waals surface area contributed by atoms with Crippen LogP contribution in [0.25, 0.3) is 10.2 Å². The Kier molecular flexibility index (Phi) is 4.48. The topological polar surface area (TPSA) is 51.4 Å². The predicted molar refractivity (Wildman–Crippen MR) is 90.6 cm³/mol. The van der Waals surface area contributed by atoms with E-state index in [2.05, 4.69) is 10.3 Å². The molecule has 24 heavy (non-hydrogen) atoms. The van der Waals surface area contributed by atoms with Gasteiger partial charge < -0.3 is 4.57 Å². The highest BCUT2D eigenvalue weighted by Crippen LogP contribution is 2.27. The number of nitrogens with zero attached hydrogens (tertiary/aromatic N) is 2. The minimum atomic E-state index is -4.04. The van der Waals surface area contributed by atoms with Crippen molar-refractivity contribution < 1.29 is 17.2 Å². The van der Waals surface area contributed by atoms with E-state index in [1.165, 1.54) is 16.7 Å². The molecule has 3 aromatic rings. The monoisotopic (exact) mass is 404 g/mol. The predicted octanol–water partition coefficient (Wildman–Crippen LogP) is 3.62. The highest BCUT2D eigenvalue weighted by atomic mass is 35.5. The van der Waals surface area contributed by atoms with Crippen molar-refractivity contribution >= 4 is 54.5 Å². The van der Waals surface area contributed by atoms with Gasteiger partial charge in [-0.05, 0) is 18.2 Å². The van der Waals surface area contributed by atoms with Gasteiger partial charge in [-0.1, -0.05) is 28.9 Å². The number of sulfonamides is 1. The van der Waals surface area contributed by atoms with Crippen molar-refractivity contribution in [2.75, 3.05) is 0 Å². The number of rotatable bonds is 3. The smallest absolute Gasteiger partial charge is 0.294 e. The third-order valence-electron chi connectivity index (χ3n) is 2.95. The Morgan fingerprint density at radius 3 is 2.67 bits per heavy atom. The molecule has 2 aromatic heterocycles. The van der Waals surface area contributed by atoms with Crippen LogP contribution in [0.5, 0.6) is 0 Å². The molecule has 0 spiro atoms. The van der Waals surface area contributed by atoms with E-state index >= 15 is 0 Å². The molecule has 0 aliphatic carbocycles. The summed E-state index contributed by atoms with van der Waals surface area (Å²) in [7, 11) is -4.04. The first-order chi connectivity index (χ1) is 11.3. The normalized spacial score (nSPS) is 12.7. The summed E-state index contributed by atoms with van der Waals surface area (Å²) in [5.41, 5.74) is 0.0116. The minimum Gasteiger partial charge on any atom is -0.302 e. The van der Waals surface area contributed by atoms with Gasteiger partial charge >= 0.3 is 0 Å². The van der Waals surface area contributed by atoms with Gasteiger partial charge in [-0.25, -0.2) is 8.78 Å². The van der Waals surface area contributed by atoms with Crippen molar-refractivity contribution in [1.29, 1.82) is 0 Å². The molecule has 0 radical (unpaired) electrons. The summed E-state index contributed by atoms with van der Waals surface area (Å²) in [6, 6.07) is 4.57. The van der Waals surface area contributed by atoms with E-state index < -0.39 is 21.7 Å². The van der Waals surface area contributed by atoms with E-state index in [1.807, 2.05) is 0 Å². The van der Waals surface area contributed by atoms with Gasteiger partial charge in [-0.15, -0.1) is 22.2 Å². The number of aromatic nitrogens is 1. The summed E-state index contributed by atoms with van der Waals surface area (Å²) < 4.78 is 57.6. The average Bonchev–Trinajstić information content (AvgIpc) is 3.04. The quantitative estimate of drug-likeness (QED) is 0.626. The second-order valence-electron chi connectivity index (χ2n) is 4.53. The molecular formula is C14H7ClF2N2O2S3. The van der Waals surface area contributed by atoms with Crippen molar-refractivity contribution in [3.05, 3.63) is 45.0 Å². The molecule has 0 fully saturated rings. The summed E-state index contributed by atoms with van der Waals surface area (Å²) in [5.74, 6) is 0.702. The fourth-order valence-corrected chi connectivity index (χ4v) is 5.75. The van der Waals surface area contributed by atoms with Crippen molar-refractivity contribution in [2.45, 2.75) is 10.8 Å². The third kappa shape index (κ3) is 3.10. The van der Waals surface area contributed by atoms with Gasteiger partial charge in [0.25, 0.3) is 10.0 Å². The van der Waals surface area contributed by atoms with Gasteiger partial charge in [0.1, 0.15) is 10.0 Å². The Balaban J connectivity index is 2.31. The van der Waals surface area contributed by atoms with Crippen LogP contribution in [0.15, 0.2) is 32.9 Å². The van der Waals surface area contributed by atoms with Crippen LogP contribution in [-0.4, -0.2) is 13.0 Å². The molecule has 0 saturated carbocycles. The summed E-state index contributed by atoms with van der Waals surface area (Å²) >= 11 is 7.43. The van der Waals surface area contributed by atoms with Crippen molar-refractivity contribution in [3.63, 3.8) is 0 Å². The number of benzene rings is 1. The van der Waals surface area contributed by atoms with Crippen LogP contribution in [-0.2, 0) is 16.6 Å². The van der Waals surface area contributed by atoms with Crippen molar-refractivity contribution in [3.8, 4) is 12.3 Å². The number of hydrogen-bond acceptors (Lipinski definition) is 4. The molecule has 1 aromatic carbocycles. The van der Waals surface area contributed by atoms with Crippen LogP contribution in [0.4, 0.5) is 8.78 Å². The molecule has 0 unspecified atom stereocenters. The Morgan fingerprint density at radius 2 is 2.04 bits per heavy atom. The lowest BCUT2D eigenvalue weighted by Gasteiger charge is -2.01. The van der Waals surface area contributed by atoms with E-state index in [0.717, 1.165) is 28.7 Å². The molecule has 10 heteroatoms. The molecule has 0 N–H and O–H groups in total. The number of thiophene rings is 1. The standard InChI is InChI=1S/C14H7ClF2N2O2S3/c1-2-5-19-13-9(17)6-8(16)7-10(13)22-14(19)18-24(20,21)12-4-3-11(15)23-12/h1,3-4,6-7H,5H2. The van der Waals surface area contributed by atoms with Gasteiger partial charge in [0.15, 0.2) is 5.82 Å². The van der Waals surface area contributed by atoms with E-state index in [9.17, 15) is 17.2 Å². The molecule has 2 heterocycles. The highest BCUT2D eigenvalue weighted by Gasteiger charge is 2.18. The second kappa shape index (κ2) is 6.29. The number of hydrogen-bond donors (Lipinski definition) is 0. The average molecular weight is 405 g/mol. The Morgan fingerprint density at radius 1 is 1.29 bits per heavy atom. The fraction of sp³-hybridized carbons (Fsp3) is 0.0714. The maximum Gasteiger partial charge on any atom is 0.294 e. The molecular weight excluding hydrogens is 398 g/mol. The number of fused-ring (bicyclic) bond motifs is 1. The molecule has 0 atom stereocenters. The summed E-state index contributed by atoms with van der Waals surface area (Å²) in [4.78, 5) is -0.0445.